The molecule has 1 aliphatic heterocycles. The van der Waals surface area contributed by atoms with E-state index in [1.807, 2.05) is 0 Å². The molecule has 1 saturated heterocycles. The maximum atomic E-state index is 14.0. The Morgan fingerprint density at radius 1 is 0.932 bits per heavy atom. The predicted molar refractivity (Wildman–Crippen MR) is 161 cm³/mol. The largest absolute Gasteiger partial charge is 0.432 e. The number of carbonyl (C=O) groups excluding carboxylic acids is 2. The van der Waals surface area contributed by atoms with Crippen LogP contribution in [0.2, 0.25) is 0 Å². The lowest BCUT2D eigenvalue weighted by Gasteiger charge is -2.71. The molecule has 6 aliphatic rings. The molecule has 0 aromatic heterocycles. The Labute approximate surface area is 261 Å². The maximum absolute atomic E-state index is 14.0. The molecule has 6 rings (SSSR count). The van der Waals surface area contributed by atoms with E-state index >= 15 is 0 Å². The van der Waals surface area contributed by atoms with Crippen molar-refractivity contribution in [2.75, 3.05) is 13.2 Å². The van der Waals surface area contributed by atoms with Gasteiger partial charge in [0.05, 0.1) is 12.7 Å². The molecule has 1 heterocycles. The van der Waals surface area contributed by atoms with Gasteiger partial charge in [-0.05, 0) is 91.8 Å². The molecular weight excluding hydrogens is 564 g/mol. The predicted octanol–water partition coefficient (Wildman–Crippen LogP) is 3.28. The summed E-state index contributed by atoms with van der Waals surface area (Å²) in [4.78, 5) is 27.7. The molecule has 44 heavy (non-hydrogen) atoms. The lowest BCUT2D eigenvalue weighted by atomic mass is 9.33. The van der Waals surface area contributed by atoms with Gasteiger partial charge in [-0.25, -0.2) is 0 Å². The third-order valence-electron chi connectivity index (χ3n) is 14.6. The zero-order chi connectivity index (χ0) is 32.3. The first-order chi connectivity index (χ1) is 20.4. The SMILES string of the molecule is CC1(C)CC[C@]2(CO)CC[C@]3(C)C(=CC[C@@H]4[C@@]5(C)CCC(=O)[C@@](C)(C(=O)O[C@H]6OC[C@H](O)[C@H](O)[C@@H]6O)[C@@H]5[C@H](O)C[C@]43C)[C@@H]2C1. The van der Waals surface area contributed by atoms with Crippen molar-refractivity contribution in [3.63, 3.8) is 0 Å². The van der Waals surface area contributed by atoms with Crippen LogP contribution in [0.3, 0.4) is 0 Å². The van der Waals surface area contributed by atoms with Crippen LogP contribution in [-0.2, 0) is 19.1 Å². The first kappa shape index (κ1) is 32.6. The van der Waals surface area contributed by atoms with Gasteiger partial charge in [-0.3, -0.25) is 9.59 Å². The van der Waals surface area contributed by atoms with E-state index in [-0.39, 0.29) is 53.0 Å². The summed E-state index contributed by atoms with van der Waals surface area (Å²) in [6.07, 6.45) is 2.42. The molecular formula is C35H54O9. The summed E-state index contributed by atoms with van der Waals surface area (Å²) in [5.74, 6) is -1.48. The number of hydrogen-bond acceptors (Lipinski definition) is 9. The second-order valence-electron chi connectivity index (χ2n) is 17.2. The fraction of sp³-hybridized carbons (Fsp3) is 0.886. The Morgan fingerprint density at radius 2 is 1.61 bits per heavy atom. The third-order valence-corrected chi connectivity index (χ3v) is 14.6. The standard InChI is InChI=1S/C35H54O9/c1-30(2)11-13-35(18-36)14-12-32(4)19(20(35)15-30)7-8-23-31(3)10-9-24(39)34(6,27(31)21(37)16-33(23,32)5)29(42)44-28-26(41)25(40)22(38)17-43-28/h7,20-23,25-28,36-38,40-41H,8-18H2,1-6H3/t20-,21+,22-,23+,25-,26-,27+,28+,31+,32+,33+,34+,35+/m0/s1. The lowest BCUT2D eigenvalue weighted by Crippen LogP contribution is -2.69. The minimum absolute atomic E-state index is 0.0985. The minimum atomic E-state index is -1.67. The van der Waals surface area contributed by atoms with Gasteiger partial charge in [0.25, 0.3) is 0 Å². The molecule has 13 atom stereocenters. The van der Waals surface area contributed by atoms with E-state index in [1.165, 1.54) is 5.57 Å². The van der Waals surface area contributed by atoms with Gasteiger partial charge in [-0.15, -0.1) is 0 Å². The first-order valence-corrected chi connectivity index (χ1v) is 16.8. The third kappa shape index (κ3) is 4.25. The van der Waals surface area contributed by atoms with Crippen LogP contribution >= 0.6 is 0 Å². The molecule has 0 amide bonds. The summed E-state index contributed by atoms with van der Waals surface area (Å²) >= 11 is 0. The zero-order valence-corrected chi connectivity index (χ0v) is 27.3. The molecule has 0 unspecified atom stereocenters. The summed E-state index contributed by atoms with van der Waals surface area (Å²) < 4.78 is 10.9. The molecule has 5 fully saturated rings. The van der Waals surface area contributed by atoms with Crippen LogP contribution in [0, 0.1) is 50.2 Å². The Hall–Kier alpha value is -1.36. The van der Waals surface area contributed by atoms with Crippen molar-refractivity contribution in [3.05, 3.63) is 11.6 Å². The second-order valence-corrected chi connectivity index (χ2v) is 17.2. The number of ether oxygens (including phenoxy) is 2. The molecule has 0 aromatic carbocycles. The van der Waals surface area contributed by atoms with Gasteiger partial charge < -0.3 is 35.0 Å². The number of hydrogen-bond donors (Lipinski definition) is 5. The number of fused-ring (bicyclic) bond motifs is 7. The van der Waals surface area contributed by atoms with Crippen molar-refractivity contribution in [2.24, 2.45) is 50.2 Å². The van der Waals surface area contributed by atoms with E-state index in [0.717, 1.165) is 38.5 Å². The summed E-state index contributed by atoms with van der Waals surface area (Å²) in [7, 11) is 0. The van der Waals surface area contributed by atoms with Gasteiger partial charge >= 0.3 is 5.97 Å². The normalized spacial score (nSPS) is 53.3. The summed E-state index contributed by atoms with van der Waals surface area (Å²) in [5, 5.41) is 53.3. The van der Waals surface area contributed by atoms with Crippen LogP contribution in [-0.4, -0.2) is 81.2 Å². The molecule has 0 aromatic rings. The van der Waals surface area contributed by atoms with Crippen molar-refractivity contribution < 1.29 is 44.6 Å². The van der Waals surface area contributed by atoms with E-state index in [2.05, 4.69) is 40.7 Å². The molecule has 0 radical (unpaired) electrons. The Morgan fingerprint density at radius 3 is 2.30 bits per heavy atom. The van der Waals surface area contributed by atoms with E-state index < -0.39 is 53.4 Å². The lowest BCUT2D eigenvalue weighted by molar-refractivity contribution is -0.273. The van der Waals surface area contributed by atoms with Gasteiger partial charge in [0.2, 0.25) is 6.29 Å². The van der Waals surface area contributed by atoms with E-state index in [4.69, 9.17) is 9.47 Å². The average molecular weight is 619 g/mol. The monoisotopic (exact) mass is 618 g/mol. The van der Waals surface area contributed by atoms with Crippen molar-refractivity contribution in [2.45, 2.75) is 130 Å². The quantitative estimate of drug-likeness (QED) is 0.182. The molecule has 248 valence electrons. The zero-order valence-electron chi connectivity index (χ0n) is 27.3. The molecule has 0 spiro atoms. The van der Waals surface area contributed by atoms with Crippen LogP contribution in [0.15, 0.2) is 11.6 Å². The highest BCUT2D eigenvalue weighted by atomic mass is 16.7. The number of aliphatic hydroxyl groups excluding tert-OH is 5. The van der Waals surface area contributed by atoms with Gasteiger partial charge in [0.15, 0.2) is 0 Å². The number of carbonyl (C=O) groups is 2. The van der Waals surface area contributed by atoms with Gasteiger partial charge in [-0.1, -0.05) is 46.3 Å². The van der Waals surface area contributed by atoms with Crippen LogP contribution < -0.4 is 0 Å². The Balaban J connectivity index is 1.36. The summed E-state index contributed by atoms with van der Waals surface area (Å²) in [5.41, 5.74) is -1.18. The molecule has 9 heteroatoms. The van der Waals surface area contributed by atoms with Crippen molar-refractivity contribution in [1.29, 1.82) is 0 Å². The van der Waals surface area contributed by atoms with Crippen LogP contribution in [0.4, 0.5) is 0 Å². The number of rotatable bonds is 3. The minimum Gasteiger partial charge on any atom is -0.432 e. The maximum Gasteiger partial charge on any atom is 0.322 e. The number of esters is 1. The topological polar surface area (TPSA) is 154 Å². The molecule has 5 N–H and O–H groups in total. The highest BCUT2D eigenvalue weighted by Crippen LogP contribution is 2.75. The molecule has 5 aliphatic carbocycles. The van der Waals surface area contributed by atoms with E-state index in [1.54, 1.807) is 6.92 Å². The van der Waals surface area contributed by atoms with Crippen molar-refractivity contribution in [1.82, 2.24) is 0 Å². The summed E-state index contributed by atoms with van der Waals surface area (Å²) in [6.45, 7) is 12.9. The van der Waals surface area contributed by atoms with Crippen molar-refractivity contribution in [3.8, 4) is 0 Å². The van der Waals surface area contributed by atoms with Crippen LogP contribution in [0.25, 0.3) is 0 Å². The molecule has 0 bridgehead atoms. The average Bonchev–Trinajstić information content (AvgIpc) is 2.95. The van der Waals surface area contributed by atoms with E-state index in [9.17, 15) is 35.1 Å². The van der Waals surface area contributed by atoms with Gasteiger partial charge in [0.1, 0.15) is 29.5 Å². The highest BCUT2D eigenvalue weighted by molar-refractivity contribution is 6.04. The first-order valence-electron chi connectivity index (χ1n) is 16.8. The highest BCUT2D eigenvalue weighted by Gasteiger charge is 2.72. The molecule has 4 saturated carbocycles. The Kier molecular flexibility index (Phi) is 7.64. The van der Waals surface area contributed by atoms with Crippen LogP contribution in [0.5, 0.6) is 0 Å². The van der Waals surface area contributed by atoms with Gasteiger partial charge in [0, 0.05) is 24.4 Å². The molecule has 9 nitrogen and oxygen atoms in total. The number of allylic oxidation sites excluding steroid dienone is 2. The van der Waals surface area contributed by atoms with Crippen LogP contribution in [0.1, 0.15) is 99.3 Å². The van der Waals surface area contributed by atoms with Gasteiger partial charge in [-0.2, -0.15) is 0 Å². The fourth-order valence-electron chi connectivity index (χ4n) is 11.7. The number of ketones is 1. The smallest absolute Gasteiger partial charge is 0.322 e. The second kappa shape index (κ2) is 10.3. The Bertz CT molecular complexity index is 1230. The fourth-order valence-corrected chi connectivity index (χ4v) is 11.7. The number of Topliss-reactive ketones (excluding diaryl/α,β-unsaturated/α-hetero) is 1. The number of aliphatic hydroxyl groups is 5. The van der Waals surface area contributed by atoms with Crippen molar-refractivity contribution >= 4 is 11.8 Å². The summed E-state index contributed by atoms with van der Waals surface area (Å²) in [6, 6.07) is 0. The van der Waals surface area contributed by atoms with E-state index in [0.29, 0.717) is 18.8 Å².